The van der Waals surface area contributed by atoms with E-state index in [-0.39, 0.29) is 12.5 Å². The topological polar surface area (TPSA) is 65.5 Å². The Hall–Kier alpha value is -0.980. The highest BCUT2D eigenvalue weighted by Crippen LogP contribution is 2.14. The number of aryl methyl sites for hydroxylation is 1. The van der Waals surface area contributed by atoms with Gasteiger partial charge in [-0.25, -0.2) is 4.98 Å². The molecule has 0 saturated heterocycles. The lowest BCUT2D eigenvalue weighted by atomic mass is 10.1. The minimum atomic E-state index is -0.798. The number of nitrogens with zero attached hydrogens (tertiary/aromatic N) is 2. The van der Waals surface area contributed by atoms with E-state index in [2.05, 4.69) is 10.3 Å². The minimum absolute atomic E-state index is 0.101. The fraction of sp³-hybridized carbons (Fsp3) is 0.667. The molecule has 1 aromatic heterocycles. The smallest absolute Gasteiger partial charge is 0.240 e. The number of aromatic nitrogens is 1. The standard InChI is InChI=1S/C12H21N3O2S/c1-5-15(8-12(3,4)17)6-10(16)14-11-13-9(2)7-18-11/h7,17H,5-6,8H2,1-4H3,(H,13,14,16). The van der Waals surface area contributed by atoms with Crippen LogP contribution in [0.1, 0.15) is 26.5 Å². The molecule has 0 spiro atoms. The first-order valence-electron chi connectivity index (χ1n) is 5.97. The average molecular weight is 271 g/mol. The summed E-state index contributed by atoms with van der Waals surface area (Å²) in [6, 6.07) is 0. The van der Waals surface area contributed by atoms with Gasteiger partial charge < -0.3 is 10.4 Å². The summed E-state index contributed by atoms with van der Waals surface area (Å²) in [5, 5.41) is 15.0. The van der Waals surface area contributed by atoms with Gasteiger partial charge in [-0.15, -0.1) is 11.3 Å². The number of amides is 1. The van der Waals surface area contributed by atoms with E-state index >= 15 is 0 Å². The van der Waals surface area contributed by atoms with Gasteiger partial charge >= 0.3 is 0 Å². The van der Waals surface area contributed by atoms with Crippen molar-refractivity contribution in [2.24, 2.45) is 0 Å². The van der Waals surface area contributed by atoms with Crippen molar-refractivity contribution in [1.82, 2.24) is 9.88 Å². The lowest BCUT2D eigenvalue weighted by Gasteiger charge is -2.27. The Morgan fingerprint density at radius 3 is 2.72 bits per heavy atom. The molecule has 0 unspecified atom stereocenters. The molecule has 18 heavy (non-hydrogen) atoms. The highest BCUT2D eigenvalue weighted by atomic mass is 32.1. The summed E-state index contributed by atoms with van der Waals surface area (Å²) in [5.74, 6) is -0.101. The number of hydrogen-bond acceptors (Lipinski definition) is 5. The molecule has 0 fully saturated rings. The van der Waals surface area contributed by atoms with Crippen molar-refractivity contribution in [1.29, 1.82) is 0 Å². The van der Waals surface area contributed by atoms with Crippen molar-refractivity contribution in [2.75, 3.05) is 25.0 Å². The van der Waals surface area contributed by atoms with Crippen LogP contribution >= 0.6 is 11.3 Å². The van der Waals surface area contributed by atoms with Crippen LogP contribution in [0.15, 0.2) is 5.38 Å². The highest BCUT2D eigenvalue weighted by molar-refractivity contribution is 7.13. The first-order chi connectivity index (χ1) is 8.30. The van der Waals surface area contributed by atoms with Gasteiger partial charge in [0.25, 0.3) is 0 Å². The molecule has 0 aliphatic heterocycles. The van der Waals surface area contributed by atoms with Crippen molar-refractivity contribution in [2.45, 2.75) is 33.3 Å². The number of rotatable bonds is 6. The minimum Gasteiger partial charge on any atom is -0.389 e. The van der Waals surface area contributed by atoms with E-state index in [0.717, 1.165) is 5.69 Å². The van der Waals surface area contributed by atoms with Gasteiger partial charge in [0.2, 0.25) is 5.91 Å². The molecular weight excluding hydrogens is 250 g/mol. The predicted molar refractivity (Wildman–Crippen MR) is 73.9 cm³/mol. The molecule has 102 valence electrons. The average Bonchev–Trinajstić information content (AvgIpc) is 2.60. The summed E-state index contributed by atoms with van der Waals surface area (Å²) in [7, 11) is 0. The number of hydrogen-bond donors (Lipinski definition) is 2. The number of nitrogens with one attached hydrogen (secondary N) is 1. The first-order valence-corrected chi connectivity index (χ1v) is 6.85. The molecular formula is C12H21N3O2S. The summed E-state index contributed by atoms with van der Waals surface area (Å²) in [4.78, 5) is 17.9. The maximum Gasteiger partial charge on any atom is 0.240 e. The van der Waals surface area contributed by atoms with Crippen molar-refractivity contribution < 1.29 is 9.90 Å². The molecule has 0 aromatic carbocycles. The predicted octanol–water partition coefficient (Wildman–Crippen LogP) is 1.48. The van der Waals surface area contributed by atoms with E-state index in [1.165, 1.54) is 11.3 Å². The maximum absolute atomic E-state index is 11.8. The largest absolute Gasteiger partial charge is 0.389 e. The van der Waals surface area contributed by atoms with Crippen LogP contribution in [-0.4, -0.2) is 46.1 Å². The summed E-state index contributed by atoms with van der Waals surface area (Å²) in [5.41, 5.74) is 0.104. The van der Waals surface area contributed by atoms with E-state index in [1.807, 2.05) is 24.1 Å². The molecule has 0 radical (unpaired) electrons. The maximum atomic E-state index is 11.8. The first kappa shape index (κ1) is 15.1. The Morgan fingerprint density at radius 1 is 1.61 bits per heavy atom. The van der Waals surface area contributed by atoms with Crippen LogP contribution in [-0.2, 0) is 4.79 Å². The van der Waals surface area contributed by atoms with Gasteiger partial charge in [0.05, 0.1) is 17.8 Å². The quantitative estimate of drug-likeness (QED) is 0.822. The molecule has 1 amide bonds. The molecule has 0 aliphatic rings. The molecule has 1 heterocycles. The Kier molecular flexibility index (Phi) is 5.25. The fourth-order valence-corrected chi connectivity index (χ4v) is 2.30. The summed E-state index contributed by atoms with van der Waals surface area (Å²) < 4.78 is 0. The van der Waals surface area contributed by atoms with Gasteiger partial charge in [-0.1, -0.05) is 6.92 Å². The van der Waals surface area contributed by atoms with E-state index in [4.69, 9.17) is 0 Å². The molecule has 5 nitrogen and oxygen atoms in total. The fourth-order valence-electron chi connectivity index (χ4n) is 1.60. The zero-order chi connectivity index (χ0) is 13.8. The number of likely N-dealkylation sites (N-methyl/N-ethyl adjacent to an activating group) is 1. The lowest BCUT2D eigenvalue weighted by molar-refractivity contribution is -0.117. The third kappa shape index (κ3) is 5.57. The van der Waals surface area contributed by atoms with Crippen LogP contribution in [0.2, 0.25) is 0 Å². The number of anilines is 1. The van der Waals surface area contributed by atoms with Gasteiger partial charge in [-0.2, -0.15) is 0 Å². The molecule has 0 saturated carbocycles. The highest BCUT2D eigenvalue weighted by Gasteiger charge is 2.19. The van der Waals surface area contributed by atoms with Crippen LogP contribution < -0.4 is 5.32 Å². The second kappa shape index (κ2) is 6.26. The SMILES string of the molecule is CCN(CC(=O)Nc1nc(C)cs1)CC(C)(C)O. The molecule has 1 aromatic rings. The third-order valence-corrected chi connectivity index (χ3v) is 3.17. The van der Waals surface area contributed by atoms with Gasteiger partial charge in [0, 0.05) is 11.9 Å². The number of thiazole rings is 1. The summed E-state index contributed by atoms with van der Waals surface area (Å²) in [6.45, 7) is 8.77. The molecule has 6 heteroatoms. The van der Waals surface area contributed by atoms with Crippen LogP contribution in [0.25, 0.3) is 0 Å². The second-order valence-corrected chi connectivity index (χ2v) is 5.82. The van der Waals surface area contributed by atoms with Crippen molar-refractivity contribution in [3.8, 4) is 0 Å². The monoisotopic (exact) mass is 271 g/mol. The van der Waals surface area contributed by atoms with Gasteiger partial charge in [-0.3, -0.25) is 9.69 Å². The number of aliphatic hydroxyl groups is 1. The van der Waals surface area contributed by atoms with Gasteiger partial charge in [0.1, 0.15) is 0 Å². The van der Waals surface area contributed by atoms with E-state index in [0.29, 0.717) is 18.2 Å². The van der Waals surface area contributed by atoms with E-state index < -0.39 is 5.60 Å². The normalized spacial score (nSPS) is 11.9. The van der Waals surface area contributed by atoms with Crippen molar-refractivity contribution in [3.63, 3.8) is 0 Å². The summed E-state index contributed by atoms with van der Waals surface area (Å²) >= 11 is 1.41. The Labute approximate surface area is 112 Å². The molecule has 0 aliphatic carbocycles. The Morgan fingerprint density at radius 2 is 2.28 bits per heavy atom. The molecule has 0 atom stereocenters. The van der Waals surface area contributed by atoms with Crippen LogP contribution in [0, 0.1) is 6.92 Å². The Bertz CT molecular complexity index is 398. The van der Waals surface area contributed by atoms with Crippen LogP contribution in [0.3, 0.4) is 0 Å². The van der Waals surface area contributed by atoms with Crippen molar-refractivity contribution >= 4 is 22.4 Å². The molecule has 1 rings (SSSR count). The second-order valence-electron chi connectivity index (χ2n) is 4.96. The number of carbonyl (C=O) groups excluding carboxylic acids is 1. The summed E-state index contributed by atoms with van der Waals surface area (Å²) in [6.07, 6.45) is 0. The van der Waals surface area contributed by atoms with Gasteiger partial charge in [0.15, 0.2) is 5.13 Å². The Balaban J connectivity index is 2.47. The zero-order valence-electron chi connectivity index (χ0n) is 11.4. The van der Waals surface area contributed by atoms with Crippen LogP contribution in [0.5, 0.6) is 0 Å². The van der Waals surface area contributed by atoms with E-state index in [1.54, 1.807) is 13.8 Å². The molecule has 2 N–H and O–H groups in total. The third-order valence-electron chi connectivity index (χ3n) is 2.29. The molecule has 0 bridgehead atoms. The van der Waals surface area contributed by atoms with E-state index in [9.17, 15) is 9.90 Å². The zero-order valence-corrected chi connectivity index (χ0v) is 12.2. The van der Waals surface area contributed by atoms with Crippen molar-refractivity contribution in [3.05, 3.63) is 11.1 Å². The van der Waals surface area contributed by atoms with Gasteiger partial charge in [-0.05, 0) is 27.3 Å². The van der Waals surface area contributed by atoms with Crippen LogP contribution in [0.4, 0.5) is 5.13 Å². The lowest BCUT2D eigenvalue weighted by Crippen LogP contribution is -2.42. The number of carbonyl (C=O) groups is 1.